The zero-order valence-electron chi connectivity index (χ0n) is 24.1. The maximum Gasteiger partial charge on any atom is 0.293 e. The predicted molar refractivity (Wildman–Crippen MR) is 153 cm³/mol. The van der Waals surface area contributed by atoms with E-state index in [9.17, 15) is 27.2 Å². The lowest BCUT2D eigenvalue weighted by atomic mass is 9.93. The number of nitrogens with zero attached hydrogens (tertiary/aromatic N) is 4. The Bertz CT molecular complexity index is 2110. The van der Waals surface area contributed by atoms with Gasteiger partial charge in [0.2, 0.25) is 5.91 Å². The molecule has 47 heavy (non-hydrogen) atoms. The van der Waals surface area contributed by atoms with Crippen molar-refractivity contribution < 1.29 is 35.9 Å². The Morgan fingerprint density at radius 1 is 1.06 bits per heavy atom. The number of carbonyl (C=O) groups excluding carboxylic acids is 2. The van der Waals surface area contributed by atoms with Crippen LogP contribution in [-0.2, 0) is 30.2 Å². The van der Waals surface area contributed by atoms with Gasteiger partial charge in [-0.15, -0.1) is 0 Å². The molecule has 15 heteroatoms. The molecular formula is C32H23F6N7O2. The predicted octanol–water partition coefficient (Wildman–Crippen LogP) is 5.59. The summed E-state index contributed by atoms with van der Waals surface area (Å²) >= 11 is 0. The fourth-order valence-corrected chi connectivity index (χ4v) is 6.90. The van der Waals surface area contributed by atoms with Crippen LogP contribution in [0.5, 0.6) is 0 Å². The van der Waals surface area contributed by atoms with E-state index in [0.29, 0.717) is 45.0 Å². The van der Waals surface area contributed by atoms with E-state index in [1.54, 1.807) is 24.3 Å². The van der Waals surface area contributed by atoms with Crippen molar-refractivity contribution >= 4 is 22.8 Å². The van der Waals surface area contributed by atoms with Crippen molar-refractivity contribution in [1.82, 2.24) is 35.6 Å². The van der Waals surface area contributed by atoms with Crippen molar-refractivity contribution in [3.8, 4) is 11.1 Å². The van der Waals surface area contributed by atoms with Crippen LogP contribution in [0.4, 0.5) is 26.3 Å². The van der Waals surface area contributed by atoms with Crippen LogP contribution in [0, 0.1) is 17.6 Å². The minimum Gasteiger partial charge on any atom is -0.348 e. The fraction of sp³-hybridized carbons (Fsp3) is 0.281. The van der Waals surface area contributed by atoms with E-state index in [0.717, 1.165) is 17.7 Å². The molecule has 3 N–H and O–H groups in total. The SMILES string of the molecule is O=C(Cn1nc(C(F)F)c2c1C(F)(F)[C@@H]1C[C@H]21)NC(Cc1cc(F)cc(F)c1)c1nc2cn[nH]c2cc1-c1ccc2c(c1)C(=O)NC2. The molecule has 0 saturated heterocycles. The number of halogens is 6. The van der Waals surface area contributed by atoms with Crippen LogP contribution in [0.1, 0.15) is 68.9 Å². The Kier molecular flexibility index (Phi) is 6.47. The second kappa shape index (κ2) is 10.4. The summed E-state index contributed by atoms with van der Waals surface area (Å²) in [5.74, 6) is -8.15. The molecule has 5 aromatic rings. The van der Waals surface area contributed by atoms with Crippen molar-refractivity contribution in [2.45, 2.75) is 50.2 Å². The molecule has 2 aliphatic carbocycles. The first kappa shape index (κ1) is 29.2. The number of alkyl halides is 4. The maximum atomic E-state index is 15.2. The van der Waals surface area contributed by atoms with E-state index in [2.05, 4.69) is 25.9 Å². The summed E-state index contributed by atoms with van der Waals surface area (Å²) in [5.41, 5.74) is 1.81. The summed E-state index contributed by atoms with van der Waals surface area (Å²) in [6, 6.07) is 8.63. The van der Waals surface area contributed by atoms with Gasteiger partial charge < -0.3 is 10.6 Å². The minimum absolute atomic E-state index is 0.0686. The standard InChI is InChI=1S/C32H23F6N7O2/c33-16-3-13(4-17(34)7-16)5-23(41-25(46)12-45-29-26(28(44-45)30(35)36)20-8-21(20)32(29,37)38)27-18(9-22-24(42-27)11-40-43-22)14-1-2-15-10-39-31(47)19(15)6-14/h1-4,6-7,9,11,20-21,23,30H,5,8,10,12H2,(H,39,47)(H,40,43)(H,41,46)/t20-,21+,23?/m0/s1. The third-order valence-electron chi connectivity index (χ3n) is 9.05. The van der Waals surface area contributed by atoms with Gasteiger partial charge in [-0.05, 0) is 59.7 Å². The summed E-state index contributed by atoms with van der Waals surface area (Å²) in [4.78, 5) is 30.8. The molecule has 1 fully saturated rings. The molecule has 8 rings (SSSR count). The Morgan fingerprint density at radius 2 is 1.85 bits per heavy atom. The summed E-state index contributed by atoms with van der Waals surface area (Å²) in [6.45, 7) is -0.464. The summed E-state index contributed by atoms with van der Waals surface area (Å²) < 4.78 is 87.2. The van der Waals surface area contributed by atoms with Crippen LogP contribution in [0.15, 0.2) is 48.7 Å². The highest BCUT2D eigenvalue weighted by Gasteiger charge is 2.67. The number of hydrogen-bond donors (Lipinski definition) is 3. The molecule has 3 atom stereocenters. The van der Waals surface area contributed by atoms with E-state index in [4.69, 9.17) is 4.98 Å². The van der Waals surface area contributed by atoms with Gasteiger partial charge in [0.15, 0.2) is 0 Å². The Morgan fingerprint density at radius 3 is 2.62 bits per heavy atom. The molecule has 0 bridgehead atoms. The van der Waals surface area contributed by atoms with Crippen LogP contribution < -0.4 is 10.6 Å². The van der Waals surface area contributed by atoms with Gasteiger partial charge in [0.1, 0.15) is 35.1 Å². The molecule has 1 saturated carbocycles. The highest BCUT2D eigenvalue weighted by atomic mass is 19.3. The van der Waals surface area contributed by atoms with Gasteiger partial charge in [-0.2, -0.15) is 19.0 Å². The molecule has 1 unspecified atom stereocenters. The zero-order valence-corrected chi connectivity index (χ0v) is 24.1. The number of benzene rings is 2. The van der Waals surface area contributed by atoms with E-state index in [1.807, 2.05) is 0 Å². The second-order valence-corrected chi connectivity index (χ2v) is 12.1. The number of amides is 2. The monoisotopic (exact) mass is 651 g/mol. The van der Waals surface area contributed by atoms with Gasteiger partial charge in [-0.25, -0.2) is 22.5 Å². The fourth-order valence-electron chi connectivity index (χ4n) is 6.90. The average Bonchev–Trinajstić information content (AvgIpc) is 3.25. The molecular weight excluding hydrogens is 628 g/mol. The second-order valence-electron chi connectivity index (χ2n) is 12.1. The third kappa shape index (κ3) is 4.82. The number of carbonyl (C=O) groups is 2. The quantitative estimate of drug-likeness (QED) is 0.189. The van der Waals surface area contributed by atoms with Gasteiger partial charge in [0, 0.05) is 35.2 Å². The molecule has 0 radical (unpaired) electrons. The Hall–Kier alpha value is -5.21. The number of hydrogen-bond acceptors (Lipinski definition) is 5. The number of aromatic nitrogens is 5. The van der Waals surface area contributed by atoms with Crippen LogP contribution >= 0.6 is 0 Å². The molecule has 4 heterocycles. The first-order valence-corrected chi connectivity index (χ1v) is 14.7. The van der Waals surface area contributed by atoms with E-state index >= 15 is 8.78 Å². The van der Waals surface area contributed by atoms with E-state index in [-0.39, 0.29) is 35.6 Å². The third-order valence-corrected chi connectivity index (χ3v) is 9.05. The first-order valence-electron chi connectivity index (χ1n) is 14.7. The molecule has 2 aromatic carbocycles. The number of H-pyrrole nitrogens is 1. The van der Waals surface area contributed by atoms with Gasteiger partial charge in [-0.1, -0.05) is 12.1 Å². The van der Waals surface area contributed by atoms with Crippen molar-refractivity contribution in [2.24, 2.45) is 5.92 Å². The lowest BCUT2D eigenvalue weighted by Gasteiger charge is -2.23. The molecule has 1 aliphatic heterocycles. The lowest BCUT2D eigenvalue weighted by molar-refractivity contribution is -0.123. The van der Waals surface area contributed by atoms with Gasteiger partial charge in [-0.3, -0.25) is 19.4 Å². The molecule has 3 aromatic heterocycles. The number of pyridine rings is 1. The van der Waals surface area contributed by atoms with Crippen LogP contribution in [0.25, 0.3) is 22.2 Å². The number of aromatic amines is 1. The number of rotatable bonds is 8. The zero-order chi connectivity index (χ0) is 32.8. The summed E-state index contributed by atoms with van der Waals surface area (Å²) in [6.07, 6.45) is -1.80. The molecule has 0 spiro atoms. The minimum atomic E-state index is -3.43. The first-order chi connectivity index (χ1) is 22.5. The van der Waals surface area contributed by atoms with Crippen molar-refractivity contribution in [2.75, 3.05) is 0 Å². The maximum absolute atomic E-state index is 15.2. The van der Waals surface area contributed by atoms with Gasteiger partial charge in [0.05, 0.1) is 23.4 Å². The normalized spacial score (nSPS) is 19.4. The van der Waals surface area contributed by atoms with Crippen LogP contribution in [-0.4, -0.2) is 36.8 Å². The molecule has 3 aliphatic rings. The number of nitrogens with one attached hydrogen (secondary N) is 3. The highest BCUT2D eigenvalue weighted by Crippen LogP contribution is 2.68. The summed E-state index contributed by atoms with van der Waals surface area (Å²) in [5, 5.41) is 16.1. The van der Waals surface area contributed by atoms with Gasteiger partial charge in [0.25, 0.3) is 18.3 Å². The van der Waals surface area contributed by atoms with Crippen molar-refractivity contribution in [3.63, 3.8) is 0 Å². The molecule has 9 nitrogen and oxygen atoms in total. The number of fused-ring (bicyclic) bond motifs is 5. The Balaban J connectivity index is 1.21. The van der Waals surface area contributed by atoms with E-state index in [1.165, 1.54) is 6.20 Å². The van der Waals surface area contributed by atoms with Crippen LogP contribution in [0.3, 0.4) is 0 Å². The largest absolute Gasteiger partial charge is 0.348 e. The molecule has 240 valence electrons. The lowest BCUT2D eigenvalue weighted by Crippen LogP contribution is -2.35. The van der Waals surface area contributed by atoms with Crippen LogP contribution in [0.2, 0.25) is 0 Å². The Labute approximate surface area is 261 Å². The van der Waals surface area contributed by atoms with E-state index < -0.39 is 65.7 Å². The highest BCUT2D eigenvalue weighted by molar-refractivity contribution is 5.99. The van der Waals surface area contributed by atoms with Gasteiger partial charge >= 0.3 is 0 Å². The van der Waals surface area contributed by atoms with Crippen molar-refractivity contribution in [1.29, 1.82) is 0 Å². The van der Waals surface area contributed by atoms with Crippen molar-refractivity contribution in [3.05, 3.63) is 99.6 Å². The topological polar surface area (TPSA) is 118 Å². The molecule has 2 amide bonds. The smallest absolute Gasteiger partial charge is 0.293 e. The summed E-state index contributed by atoms with van der Waals surface area (Å²) in [7, 11) is 0. The average molecular weight is 652 g/mol.